The van der Waals surface area contributed by atoms with Crippen LogP contribution in [0.5, 0.6) is 0 Å². The highest BCUT2D eigenvalue weighted by atomic mass is 19.4. The predicted octanol–water partition coefficient (Wildman–Crippen LogP) is 5.70. The molecule has 174 valence electrons. The van der Waals surface area contributed by atoms with Gasteiger partial charge in [-0.05, 0) is 62.3 Å². The number of allylic oxidation sites excluding steroid dienone is 7. The molecule has 1 saturated carbocycles. The van der Waals surface area contributed by atoms with Gasteiger partial charge in [0.15, 0.2) is 0 Å². The van der Waals surface area contributed by atoms with Gasteiger partial charge in [0.1, 0.15) is 5.69 Å². The van der Waals surface area contributed by atoms with E-state index in [1.54, 1.807) is 12.1 Å². The largest absolute Gasteiger partial charge is 0.433 e. The van der Waals surface area contributed by atoms with Gasteiger partial charge in [0.25, 0.3) is 0 Å². The van der Waals surface area contributed by atoms with Gasteiger partial charge >= 0.3 is 6.18 Å². The molecule has 7 heteroatoms. The highest BCUT2D eigenvalue weighted by molar-refractivity contribution is 5.88. The summed E-state index contributed by atoms with van der Waals surface area (Å²) in [5.41, 5.74) is 0.867. The molecule has 0 bridgehead atoms. The number of piperidine rings is 1. The molecule has 2 heterocycles. The molecule has 1 saturated heterocycles. The Morgan fingerprint density at radius 2 is 1.94 bits per heavy atom. The van der Waals surface area contributed by atoms with Crippen molar-refractivity contribution < 1.29 is 18.0 Å². The molecule has 1 aliphatic heterocycles. The molecule has 2 aliphatic rings. The molecule has 0 aromatic carbocycles. The molecule has 4 nitrogen and oxygen atoms in total. The van der Waals surface area contributed by atoms with Crippen molar-refractivity contribution in [3.63, 3.8) is 0 Å². The molecule has 1 aromatic heterocycles. The van der Waals surface area contributed by atoms with Gasteiger partial charge in [-0.25, -0.2) is 0 Å². The number of pyridine rings is 1. The Morgan fingerprint density at radius 3 is 2.53 bits per heavy atom. The third-order valence-corrected chi connectivity index (χ3v) is 5.18. The van der Waals surface area contributed by atoms with Crippen molar-refractivity contribution in [3.8, 4) is 0 Å². The maximum Gasteiger partial charge on any atom is 0.433 e. The van der Waals surface area contributed by atoms with Crippen LogP contribution in [0.3, 0.4) is 0 Å². The maximum absolute atomic E-state index is 12.5. The lowest BCUT2D eigenvalue weighted by Gasteiger charge is -2.20. The number of nitrogens with one attached hydrogen (secondary N) is 1. The summed E-state index contributed by atoms with van der Waals surface area (Å²) in [7, 11) is 0. The summed E-state index contributed by atoms with van der Waals surface area (Å²) in [5, 5.41) is 2.72. The molecule has 1 aromatic rings. The lowest BCUT2D eigenvalue weighted by Crippen LogP contribution is -2.22. The van der Waals surface area contributed by atoms with E-state index >= 15 is 0 Å². The number of halogens is 3. The average molecular weight is 448 g/mol. The summed E-state index contributed by atoms with van der Waals surface area (Å²) < 4.78 is 37.4. The number of amides is 1. The lowest BCUT2D eigenvalue weighted by molar-refractivity contribution is -0.141. The smallest absolute Gasteiger partial charge is 0.371 e. The van der Waals surface area contributed by atoms with E-state index in [2.05, 4.69) is 23.3 Å². The van der Waals surface area contributed by atoms with Crippen LogP contribution in [0.1, 0.15) is 39.3 Å². The fourth-order valence-corrected chi connectivity index (χ4v) is 3.41. The molecule has 0 spiro atoms. The van der Waals surface area contributed by atoms with Crippen molar-refractivity contribution >= 4 is 11.6 Å². The van der Waals surface area contributed by atoms with Gasteiger partial charge in [0.2, 0.25) is 5.91 Å². The monoisotopic (exact) mass is 447 g/mol. The molecular weight excluding hydrogens is 415 g/mol. The van der Waals surface area contributed by atoms with E-state index < -0.39 is 11.9 Å². The molecule has 2 atom stereocenters. The molecule has 3 rings (SSSR count). The number of anilines is 1. The second-order valence-electron chi connectivity index (χ2n) is 7.79. The Kier molecular flexibility index (Phi) is 9.75. The minimum atomic E-state index is -4.35. The van der Waals surface area contributed by atoms with E-state index in [4.69, 9.17) is 0 Å². The quantitative estimate of drug-likeness (QED) is 0.431. The Bertz CT molecular complexity index is 861. The topological polar surface area (TPSA) is 45.2 Å². The molecular formula is C25H32F3N3O. The molecule has 1 aliphatic carbocycles. The number of carbonyl (C=O) groups excluding carboxylic acids is 1. The van der Waals surface area contributed by atoms with Crippen molar-refractivity contribution in [2.75, 3.05) is 24.5 Å². The Balaban J connectivity index is 0.000000227. The molecule has 0 radical (unpaired) electrons. The van der Waals surface area contributed by atoms with Crippen LogP contribution in [0.15, 0.2) is 66.4 Å². The van der Waals surface area contributed by atoms with Crippen molar-refractivity contribution in [1.29, 1.82) is 0 Å². The summed E-state index contributed by atoms with van der Waals surface area (Å²) in [4.78, 5) is 16.6. The highest BCUT2D eigenvalue weighted by Gasteiger charge is 2.45. The number of alkyl halides is 3. The first-order chi connectivity index (χ1) is 15.3. The lowest BCUT2D eigenvalue weighted by atomic mass is 10.2. The number of carbonyl (C=O) groups is 1. The normalized spacial score (nSPS) is 20.6. The Morgan fingerprint density at radius 1 is 1.22 bits per heavy atom. The fourth-order valence-electron chi connectivity index (χ4n) is 3.41. The van der Waals surface area contributed by atoms with Crippen LogP contribution < -0.4 is 10.2 Å². The third-order valence-electron chi connectivity index (χ3n) is 5.18. The maximum atomic E-state index is 12.5. The molecule has 2 fully saturated rings. The first-order valence-electron chi connectivity index (χ1n) is 11.0. The van der Waals surface area contributed by atoms with Gasteiger partial charge in [-0.2, -0.15) is 13.2 Å². The highest BCUT2D eigenvalue weighted by Crippen LogP contribution is 2.46. The van der Waals surface area contributed by atoms with Crippen molar-refractivity contribution in [1.82, 2.24) is 10.3 Å². The van der Waals surface area contributed by atoms with Gasteiger partial charge in [-0.3, -0.25) is 9.78 Å². The standard InChI is InChI=1S/C14H21NO.C11H11F3N2/c1-4-7-9-13(10-8-5-2)11-12-14(16)15-6-3;12-11(13,14)10-4-9(1-2-15-10)16-5-7-3-8(7)6-16/h4,7-12H,5-6H2,1-3H3,(H,15,16);1-2,4,7-8H,3,5-6H2/b7-4-,10-8+,12-11+,13-9+;. The third kappa shape index (κ3) is 8.36. The summed E-state index contributed by atoms with van der Waals surface area (Å²) in [5.74, 6) is 1.36. The second kappa shape index (κ2) is 12.3. The van der Waals surface area contributed by atoms with Gasteiger partial charge in [0.05, 0.1) is 0 Å². The van der Waals surface area contributed by atoms with Crippen molar-refractivity contribution in [2.24, 2.45) is 11.8 Å². The van der Waals surface area contributed by atoms with Crippen LogP contribution >= 0.6 is 0 Å². The second-order valence-corrected chi connectivity index (χ2v) is 7.79. The van der Waals surface area contributed by atoms with E-state index in [0.29, 0.717) is 24.1 Å². The number of hydrogen-bond donors (Lipinski definition) is 1. The zero-order valence-corrected chi connectivity index (χ0v) is 18.9. The van der Waals surface area contributed by atoms with Crippen molar-refractivity contribution in [2.45, 2.75) is 39.8 Å². The summed E-state index contributed by atoms with van der Waals surface area (Å²) in [6.07, 6.45) is 12.5. The first-order valence-corrected chi connectivity index (χ1v) is 11.0. The van der Waals surface area contributed by atoms with E-state index in [1.807, 2.05) is 49.1 Å². The van der Waals surface area contributed by atoms with Crippen LogP contribution in [0, 0.1) is 11.8 Å². The van der Waals surface area contributed by atoms with E-state index in [9.17, 15) is 18.0 Å². The zero-order chi connectivity index (χ0) is 23.6. The summed E-state index contributed by atoms with van der Waals surface area (Å²) in [6, 6.07) is 2.80. The molecule has 1 amide bonds. The molecule has 32 heavy (non-hydrogen) atoms. The van der Waals surface area contributed by atoms with Crippen LogP contribution in [0.2, 0.25) is 0 Å². The number of rotatable bonds is 7. The van der Waals surface area contributed by atoms with Crippen LogP contribution in [-0.4, -0.2) is 30.5 Å². The number of fused-ring (bicyclic) bond motifs is 1. The molecule has 2 unspecified atom stereocenters. The first kappa shape index (κ1) is 25.4. The minimum absolute atomic E-state index is 0.0567. The van der Waals surface area contributed by atoms with E-state index in [1.165, 1.54) is 12.6 Å². The average Bonchev–Trinajstić information content (AvgIpc) is 3.38. The Hall–Kier alpha value is -2.83. The number of likely N-dealkylation sites (N-methyl/N-ethyl adjacent to an activating group) is 1. The Labute approximate surface area is 188 Å². The number of nitrogens with zero attached hydrogens (tertiary/aromatic N) is 2. The predicted molar refractivity (Wildman–Crippen MR) is 123 cm³/mol. The SMILES string of the molecule is C\C=C/C=C(\C=C\CC)/C=C/C(=O)NCC.FC(F)(F)c1cc(N2CC3CC3C2)ccn1. The van der Waals surface area contributed by atoms with Gasteiger partial charge in [-0.15, -0.1) is 0 Å². The van der Waals surface area contributed by atoms with Crippen LogP contribution in [0.4, 0.5) is 18.9 Å². The fraction of sp³-hybridized carbons (Fsp3) is 0.440. The number of aromatic nitrogens is 1. The summed E-state index contributed by atoms with van der Waals surface area (Å²) in [6.45, 7) is 8.39. The number of hydrogen-bond acceptors (Lipinski definition) is 3. The van der Waals surface area contributed by atoms with Gasteiger partial charge < -0.3 is 10.2 Å². The van der Waals surface area contributed by atoms with Crippen LogP contribution in [-0.2, 0) is 11.0 Å². The zero-order valence-electron chi connectivity index (χ0n) is 18.9. The van der Waals surface area contributed by atoms with Gasteiger partial charge in [0, 0.05) is 37.6 Å². The minimum Gasteiger partial charge on any atom is -0.371 e. The van der Waals surface area contributed by atoms with E-state index in [-0.39, 0.29) is 5.91 Å². The van der Waals surface area contributed by atoms with Gasteiger partial charge in [-0.1, -0.05) is 37.3 Å². The van der Waals surface area contributed by atoms with Crippen molar-refractivity contribution in [3.05, 3.63) is 72.1 Å². The molecule has 1 N–H and O–H groups in total. The van der Waals surface area contributed by atoms with Crippen LogP contribution in [0.25, 0.3) is 0 Å². The van der Waals surface area contributed by atoms with E-state index in [0.717, 1.165) is 31.1 Å². The summed E-state index contributed by atoms with van der Waals surface area (Å²) >= 11 is 0.